The second kappa shape index (κ2) is 22.6. The van der Waals surface area contributed by atoms with E-state index >= 15 is 0 Å². The number of benzene rings is 9. The fourth-order valence-electron chi connectivity index (χ4n) is 8.46. The Balaban J connectivity index is 1.04. The van der Waals surface area contributed by atoms with Crippen LogP contribution < -0.4 is 42.4 Å². The van der Waals surface area contributed by atoms with E-state index in [9.17, 15) is 13.7 Å². The minimum absolute atomic E-state index is 0.155. The predicted molar refractivity (Wildman–Crippen MR) is 298 cm³/mol. The molecule has 0 saturated carbocycles. The van der Waals surface area contributed by atoms with Crippen molar-refractivity contribution < 1.29 is 40.8 Å². The Morgan fingerprint density at radius 2 is 0.622 bits per heavy atom. The number of hydrogen-bond donors (Lipinski definition) is 3. The second-order valence-electron chi connectivity index (χ2n) is 17.1. The van der Waals surface area contributed by atoms with Crippen LogP contribution >= 0.6 is 23.2 Å². The van der Waals surface area contributed by atoms with Gasteiger partial charge in [-0.3, -0.25) is 0 Å². The van der Waals surface area contributed by atoms with Gasteiger partial charge in [0.2, 0.25) is 0 Å². The first kappa shape index (κ1) is 51.3. The third-order valence-corrected chi connectivity index (χ3v) is 16.5. The molecule has 0 aliphatic carbocycles. The molecule has 12 nitrogen and oxygen atoms in total. The first-order valence-corrected chi connectivity index (χ1v) is 28.4. The lowest BCUT2D eigenvalue weighted by Crippen LogP contribution is -2.25. The summed E-state index contributed by atoms with van der Waals surface area (Å²) in [6.45, 7) is 13.9. The van der Waals surface area contributed by atoms with Gasteiger partial charge in [0.1, 0.15) is 34.5 Å². The van der Waals surface area contributed by atoms with Crippen molar-refractivity contribution in [2.45, 2.75) is 12.3 Å². The maximum atomic E-state index is 14.5. The van der Waals surface area contributed by atoms with E-state index in [0.29, 0.717) is 17.2 Å². The summed E-state index contributed by atoms with van der Waals surface area (Å²) < 4.78 is 80.5. The van der Waals surface area contributed by atoms with E-state index in [1.807, 2.05) is 146 Å². The van der Waals surface area contributed by atoms with Gasteiger partial charge < -0.3 is 27.1 Å². The highest BCUT2D eigenvalue weighted by molar-refractivity contribution is 7.53. The normalized spacial score (nSPS) is 14.6. The molecule has 374 valence electrons. The molecule has 0 aliphatic heterocycles. The number of fused-ring (bicyclic) bond motifs is 3. The lowest BCUT2D eigenvalue weighted by molar-refractivity contribution is 0.373. The van der Waals surface area contributed by atoms with Crippen molar-refractivity contribution in [1.82, 2.24) is 15.3 Å². The number of nitrogens with one attached hydrogen (secondary N) is 3. The van der Waals surface area contributed by atoms with Crippen molar-refractivity contribution in [3.05, 3.63) is 255 Å². The Labute approximate surface area is 431 Å². The zero-order valence-electron chi connectivity index (χ0n) is 40.5. The predicted octanol–water partition coefficient (Wildman–Crippen LogP) is 15.5. The fraction of sp³-hybridized carbons (Fsp3) is 0.0847. The van der Waals surface area contributed by atoms with Crippen LogP contribution in [0.25, 0.3) is 32.3 Å². The summed E-state index contributed by atoms with van der Waals surface area (Å²) in [5.41, 5.74) is 1.53. The molecule has 3 unspecified atom stereocenters. The van der Waals surface area contributed by atoms with E-state index in [4.69, 9.17) is 27.1 Å². The average Bonchev–Trinajstić information content (AvgIpc) is 3.42. The van der Waals surface area contributed by atoms with Crippen LogP contribution in [0.4, 0.5) is 0 Å². The van der Waals surface area contributed by atoms with Crippen molar-refractivity contribution in [3.8, 4) is 34.5 Å². The van der Waals surface area contributed by atoms with Crippen LogP contribution in [-0.2, 0) is 19.1 Å². The first-order chi connectivity index (χ1) is 35.9. The molecule has 0 aromatic heterocycles. The van der Waals surface area contributed by atoms with Gasteiger partial charge in [0, 0.05) is 41.2 Å². The van der Waals surface area contributed by atoms with Crippen LogP contribution in [0.5, 0.6) is 34.5 Å². The highest BCUT2D eigenvalue weighted by Crippen LogP contribution is 2.51. The molecule has 9 rings (SSSR count). The quantitative estimate of drug-likeness (QED) is 0.0301. The molecule has 3 atom stereocenters. The van der Waals surface area contributed by atoms with Crippen molar-refractivity contribution in [2.75, 3.05) is 19.6 Å². The van der Waals surface area contributed by atoms with Gasteiger partial charge in [-0.05, 0) is 94.4 Å². The van der Waals surface area contributed by atoms with E-state index in [1.165, 1.54) is 0 Å². The van der Waals surface area contributed by atoms with Crippen LogP contribution in [0.15, 0.2) is 238 Å². The Bertz CT molecular complexity index is 3220. The summed E-state index contributed by atoms with van der Waals surface area (Å²) in [6.07, 6.45) is 4.73. The number of rotatable bonds is 24. The summed E-state index contributed by atoms with van der Waals surface area (Å²) in [4.78, 5) is 0. The average molecular weight is 1040 g/mol. The zero-order chi connectivity index (χ0) is 51.6. The van der Waals surface area contributed by atoms with Gasteiger partial charge in [-0.1, -0.05) is 164 Å². The molecule has 0 spiro atoms. The molecule has 0 radical (unpaired) electrons. The van der Waals surface area contributed by atoms with Crippen molar-refractivity contribution >= 4 is 55.6 Å². The summed E-state index contributed by atoms with van der Waals surface area (Å²) in [5.74, 6) is 2.04. The van der Waals surface area contributed by atoms with Crippen LogP contribution in [0.1, 0.15) is 23.6 Å². The molecule has 0 amide bonds. The van der Waals surface area contributed by atoms with E-state index in [0.717, 1.165) is 49.0 Å². The minimum Gasteiger partial charge on any atom is -0.405 e. The van der Waals surface area contributed by atoms with E-state index < -0.39 is 28.7 Å². The van der Waals surface area contributed by atoms with Crippen molar-refractivity contribution in [2.24, 2.45) is 0 Å². The highest BCUT2D eigenvalue weighted by atomic mass is 31.2. The van der Waals surface area contributed by atoms with E-state index in [2.05, 4.69) is 41.9 Å². The molecule has 3 N–H and O–H groups in total. The first-order valence-electron chi connectivity index (χ1n) is 23.7. The molecule has 9 aromatic rings. The Morgan fingerprint density at radius 1 is 0.365 bits per heavy atom. The third-order valence-electron chi connectivity index (χ3n) is 12.2. The molecule has 74 heavy (non-hydrogen) atoms. The van der Waals surface area contributed by atoms with Gasteiger partial charge in [0.15, 0.2) is 0 Å². The second-order valence-corrected chi connectivity index (χ2v) is 22.2. The van der Waals surface area contributed by atoms with Gasteiger partial charge in [-0.2, -0.15) is 15.3 Å². The van der Waals surface area contributed by atoms with Gasteiger partial charge in [-0.25, -0.2) is 13.7 Å². The minimum atomic E-state index is -4.02. The lowest BCUT2D eigenvalue weighted by Gasteiger charge is -2.32. The van der Waals surface area contributed by atoms with E-state index in [-0.39, 0.29) is 36.9 Å². The maximum absolute atomic E-state index is 14.5. The molecule has 9 aromatic carbocycles. The highest BCUT2D eigenvalue weighted by Gasteiger charge is 2.35. The largest absolute Gasteiger partial charge is 0.513 e. The van der Waals surface area contributed by atoms with Crippen LogP contribution in [-0.4, -0.2) is 19.6 Å². The molecular weight excluding hydrogens is 988 g/mol. The van der Waals surface area contributed by atoms with Gasteiger partial charge >= 0.3 is 23.2 Å². The fourth-order valence-corrected chi connectivity index (χ4v) is 12.5. The number of hydrogen-bond acceptors (Lipinski definition) is 9. The maximum Gasteiger partial charge on any atom is 0.513 e. The molecule has 0 aliphatic rings. The zero-order valence-corrected chi connectivity index (χ0v) is 43.2. The summed E-state index contributed by atoms with van der Waals surface area (Å²) >= 11 is 0. The standard InChI is InChI=1S/C59H54N3O9P3/c1-5-41-60-72(63,69-56-26-14-20-44-17-8-11-23-53(44)56)66-50-35-29-47(30-36-50)59(4,48-31-37-51(38-32-48)67-73(64,61-42-6-2)70-57-27-15-21-45-18-9-12-24-54(45)57)49-33-39-52(40-34-49)68-74(65,62-43-7-3)71-58-28-16-22-46-19-10-13-25-55(46)58/h5-40H,1-3,41-43H2,4H3,(H,60,63)(H,61,64)(H,62,65). The summed E-state index contributed by atoms with van der Waals surface area (Å²) in [7, 11) is -12.1. The van der Waals surface area contributed by atoms with Crippen LogP contribution in [0, 0.1) is 0 Å². The monoisotopic (exact) mass is 1040 g/mol. The van der Waals surface area contributed by atoms with Gasteiger partial charge in [-0.15, -0.1) is 19.7 Å². The van der Waals surface area contributed by atoms with E-state index in [1.54, 1.807) is 72.8 Å². The Kier molecular flexibility index (Phi) is 15.7. The van der Waals surface area contributed by atoms with Gasteiger partial charge in [0.25, 0.3) is 0 Å². The van der Waals surface area contributed by atoms with Crippen LogP contribution in [0.3, 0.4) is 0 Å². The van der Waals surface area contributed by atoms with Crippen LogP contribution in [0.2, 0.25) is 0 Å². The SMILES string of the molecule is C=CCNP(=O)(Oc1ccc(C(C)(c2ccc(OP(=O)(NCC=C)Oc3cccc4ccccc34)cc2)c2ccc(OP(=O)(NCC=C)Oc3cccc4ccccc34)cc2)cc1)Oc1cccc2ccccc12. The van der Waals surface area contributed by atoms with Gasteiger partial charge in [0.05, 0.1) is 0 Å². The molecular formula is C59H54N3O9P3. The molecule has 0 heterocycles. The third kappa shape index (κ3) is 11.7. The molecule has 15 heteroatoms. The summed E-state index contributed by atoms with van der Waals surface area (Å²) in [5, 5.41) is 13.8. The van der Waals surface area contributed by atoms with Crippen molar-refractivity contribution in [1.29, 1.82) is 0 Å². The summed E-state index contributed by atoms with van der Waals surface area (Å²) in [6, 6.07) is 61.3. The molecule has 0 bridgehead atoms. The molecule has 0 saturated heterocycles. The smallest absolute Gasteiger partial charge is 0.405 e. The molecule has 0 fully saturated rings. The van der Waals surface area contributed by atoms with Crippen molar-refractivity contribution in [3.63, 3.8) is 0 Å². The lowest BCUT2D eigenvalue weighted by atomic mass is 9.71. The Morgan fingerprint density at radius 3 is 0.892 bits per heavy atom. The topological polar surface area (TPSA) is 143 Å². The Hall–Kier alpha value is -7.65.